The first-order valence-electron chi connectivity index (χ1n) is 7.13. The number of carbonyl (C=O) groups excluding carboxylic acids is 2. The molecule has 3 amide bonds. The van der Waals surface area contributed by atoms with Gasteiger partial charge in [0.2, 0.25) is 5.91 Å². The number of nitrogens with zero attached hydrogens (tertiary/aromatic N) is 2. The standard InChI is InChI=1S/C15H20F3N3O3/c1-20(2)13(22)8-9-19-14(23)21(3)10-11-6-4-5-7-12(11)24-15(16,17)18/h4-7H,8-10H2,1-3H3,(H,19,23). The molecular formula is C15H20F3N3O3. The van der Waals surface area contributed by atoms with Crippen LogP contribution in [0, 0.1) is 0 Å². The highest BCUT2D eigenvalue weighted by molar-refractivity contribution is 5.77. The number of urea groups is 1. The van der Waals surface area contributed by atoms with Crippen molar-refractivity contribution in [1.82, 2.24) is 15.1 Å². The Kier molecular flexibility index (Phi) is 6.87. The molecule has 6 nitrogen and oxygen atoms in total. The van der Waals surface area contributed by atoms with Gasteiger partial charge in [-0.1, -0.05) is 18.2 Å². The van der Waals surface area contributed by atoms with Crippen LogP contribution < -0.4 is 10.1 Å². The molecule has 0 unspecified atom stereocenters. The van der Waals surface area contributed by atoms with Crippen LogP contribution in [0.4, 0.5) is 18.0 Å². The summed E-state index contributed by atoms with van der Waals surface area (Å²) in [5.41, 5.74) is 0.219. The minimum Gasteiger partial charge on any atom is -0.405 e. The summed E-state index contributed by atoms with van der Waals surface area (Å²) in [7, 11) is 4.65. The van der Waals surface area contributed by atoms with Gasteiger partial charge in [0.25, 0.3) is 0 Å². The zero-order valence-electron chi connectivity index (χ0n) is 13.7. The fraction of sp³-hybridized carbons (Fsp3) is 0.467. The Morgan fingerprint density at radius 1 is 1.17 bits per heavy atom. The predicted molar refractivity (Wildman–Crippen MR) is 81.3 cm³/mol. The third-order valence-electron chi connectivity index (χ3n) is 3.07. The highest BCUT2D eigenvalue weighted by atomic mass is 19.4. The molecule has 0 aliphatic heterocycles. The van der Waals surface area contributed by atoms with Crippen molar-refractivity contribution in [1.29, 1.82) is 0 Å². The second-order valence-corrected chi connectivity index (χ2v) is 5.28. The van der Waals surface area contributed by atoms with E-state index in [4.69, 9.17) is 0 Å². The van der Waals surface area contributed by atoms with Crippen LogP contribution in [0.5, 0.6) is 5.75 Å². The molecule has 1 aromatic rings. The van der Waals surface area contributed by atoms with Crippen molar-refractivity contribution in [3.63, 3.8) is 0 Å². The molecule has 0 atom stereocenters. The van der Waals surface area contributed by atoms with E-state index in [1.807, 2.05) is 0 Å². The van der Waals surface area contributed by atoms with Gasteiger partial charge in [0.15, 0.2) is 0 Å². The lowest BCUT2D eigenvalue weighted by Crippen LogP contribution is -2.38. The van der Waals surface area contributed by atoms with E-state index in [9.17, 15) is 22.8 Å². The Labute approximate surface area is 138 Å². The molecule has 1 rings (SSSR count). The molecule has 0 fully saturated rings. The van der Waals surface area contributed by atoms with Gasteiger partial charge in [0.1, 0.15) is 5.75 Å². The Bertz CT molecular complexity index is 577. The summed E-state index contributed by atoms with van der Waals surface area (Å²) >= 11 is 0. The number of amides is 3. The lowest BCUT2D eigenvalue weighted by molar-refractivity contribution is -0.275. The Morgan fingerprint density at radius 2 is 1.79 bits per heavy atom. The number of hydrogen-bond donors (Lipinski definition) is 1. The van der Waals surface area contributed by atoms with Crippen molar-refractivity contribution in [2.24, 2.45) is 0 Å². The topological polar surface area (TPSA) is 61.9 Å². The van der Waals surface area contributed by atoms with Gasteiger partial charge in [0.05, 0.1) is 6.54 Å². The highest BCUT2D eigenvalue weighted by Gasteiger charge is 2.32. The first-order chi connectivity index (χ1) is 11.1. The number of hydrogen-bond acceptors (Lipinski definition) is 3. The van der Waals surface area contributed by atoms with E-state index in [0.717, 1.165) is 0 Å². The Hall–Kier alpha value is -2.45. The highest BCUT2D eigenvalue weighted by Crippen LogP contribution is 2.26. The maximum absolute atomic E-state index is 12.4. The monoisotopic (exact) mass is 347 g/mol. The molecule has 9 heteroatoms. The van der Waals surface area contributed by atoms with Gasteiger partial charge in [-0.15, -0.1) is 13.2 Å². The average Bonchev–Trinajstić information content (AvgIpc) is 2.47. The van der Waals surface area contributed by atoms with E-state index < -0.39 is 12.4 Å². The molecule has 0 aliphatic rings. The summed E-state index contributed by atoms with van der Waals surface area (Å²) in [5, 5.41) is 2.53. The largest absolute Gasteiger partial charge is 0.573 e. The van der Waals surface area contributed by atoms with Gasteiger partial charge >= 0.3 is 12.4 Å². The van der Waals surface area contributed by atoms with Crippen LogP contribution in [0.1, 0.15) is 12.0 Å². The quantitative estimate of drug-likeness (QED) is 0.858. The lowest BCUT2D eigenvalue weighted by atomic mass is 10.2. The minimum absolute atomic E-state index is 0.0697. The van der Waals surface area contributed by atoms with Gasteiger partial charge in [-0.05, 0) is 6.07 Å². The Balaban J connectivity index is 2.59. The van der Waals surface area contributed by atoms with Gasteiger partial charge in [-0.2, -0.15) is 0 Å². The summed E-state index contributed by atoms with van der Waals surface area (Å²) in [6, 6.07) is 5.10. The van der Waals surface area contributed by atoms with Crippen LogP contribution in [0.25, 0.3) is 0 Å². The van der Waals surface area contributed by atoms with E-state index in [0.29, 0.717) is 0 Å². The molecule has 134 valence electrons. The number of halogens is 3. The first-order valence-corrected chi connectivity index (χ1v) is 7.13. The smallest absolute Gasteiger partial charge is 0.405 e. The number of carbonyl (C=O) groups is 2. The van der Waals surface area contributed by atoms with Gasteiger partial charge in [0, 0.05) is 39.7 Å². The summed E-state index contributed by atoms with van der Waals surface area (Å²) in [6.45, 7) is 0.0700. The van der Waals surface area contributed by atoms with E-state index in [1.165, 1.54) is 35.0 Å². The number of para-hydroxylation sites is 1. The molecular weight excluding hydrogens is 327 g/mol. The van der Waals surface area contributed by atoms with E-state index in [2.05, 4.69) is 10.1 Å². The number of benzene rings is 1. The van der Waals surface area contributed by atoms with Gasteiger partial charge in [-0.25, -0.2) is 4.79 Å². The summed E-state index contributed by atoms with van der Waals surface area (Å²) in [4.78, 5) is 25.9. The van der Waals surface area contributed by atoms with Crippen molar-refractivity contribution in [2.75, 3.05) is 27.7 Å². The van der Waals surface area contributed by atoms with Gasteiger partial charge < -0.3 is 19.9 Å². The molecule has 0 heterocycles. The molecule has 0 saturated heterocycles. The number of alkyl halides is 3. The molecule has 1 N–H and O–H groups in total. The number of ether oxygens (including phenoxy) is 1. The number of rotatable bonds is 6. The zero-order valence-corrected chi connectivity index (χ0v) is 13.7. The van der Waals surface area contributed by atoms with Crippen LogP contribution >= 0.6 is 0 Å². The summed E-state index contributed by atoms with van der Waals surface area (Å²) < 4.78 is 41.1. The molecule has 0 aliphatic carbocycles. The SMILES string of the molecule is CN(C)C(=O)CCNC(=O)N(C)Cc1ccccc1OC(F)(F)F. The van der Waals surface area contributed by atoms with Crippen molar-refractivity contribution in [3.05, 3.63) is 29.8 Å². The van der Waals surface area contributed by atoms with Crippen LogP contribution in [0.15, 0.2) is 24.3 Å². The zero-order chi connectivity index (χ0) is 18.3. The van der Waals surface area contributed by atoms with Crippen molar-refractivity contribution in [2.45, 2.75) is 19.3 Å². The molecule has 0 radical (unpaired) electrons. The van der Waals surface area contributed by atoms with Crippen molar-refractivity contribution < 1.29 is 27.5 Å². The number of nitrogens with one attached hydrogen (secondary N) is 1. The maximum Gasteiger partial charge on any atom is 0.573 e. The van der Waals surface area contributed by atoms with E-state index >= 15 is 0 Å². The van der Waals surface area contributed by atoms with Crippen LogP contribution in [-0.4, -0.2) is 55.8 Å². The Morgan fingerprint density at radius 3 is 2.38 bits per heavy atom. The van der Waals surface area contributed by atoms with Crippen molar-refractivity contribution >= 4 is 11.9 Å². The van der Waals surface area contributed by atoms with E-state index in [1.54, 1.807) is 20.2 Å². The fourth-order valence-corrected chi connectivity index (χ4v) is 1.82. The normalized spacial score (nSPS) is 10.9. The van der Waals surface area contributed by atoms with E-state index in [-0.39, 0.29) is 36.7 Å². The lowest BCUT2D eigenvalue weighted by Gasteiger charge is -2.20. The minimum atomic E-state index is -4.80. The molecule has 0 bridgehead atoms. The van der Waals surface area contributed by atoms with Gasteiger partial charge in [-0.3, -0.25) is 4.79 Å². The van der Waals surface area contributed by atoms with Crippen LogP contribution in [0.2, 0.25) is 0 Å². The molecule has 0 aromatic heterocycles. The fourth-order valence-electron chi connectivity index (χ4n) is 1.82. The molecule has 0 saturated carbocycles. The van der Waals surface area contributed by atoms with Crippen LogP contribution in [0.3, 0.4) is 0 Å². The summed E-state index contributed by atoms with van der Waals surface area (Å²) in [5.74, 6) is -0.491. The summed E-state index contributed by atoms with van der Waals surface area (Å²) in [6.07, 6.45) is -4.66. The van der Waals surface area contributed by atoms with Crippen molar-refractivity contribution in [3.8, 4) is 5.75 Å². The first kappa shape index (κ1) is 19.6. The average molecular weight is 347 g/mol. The maximum atomic E-state index is 12.4. The second-order valence-electron chi connectivity index (χ2n) is 5.28. The third-order valence-corrected chi connectivity index (χ3v) is 3.07. The molecule has 0 spiro atoms. The molecule has 24 heavy (non-hydrogen) atoms. The third kappa shape index (κ3) is 6.76. The molecule has 1 aromatic carbocycles. The second kappa shape index (κ2) is 8.42. The predicted octanol–water partition coefficient (Wildman–Crippen LogP) is 2.20. The van der Waals surface area contributed by atoms with Crippen LogP contribution in [-0.2, 0) is 11.3 Å².